The maximum absolute atomic E-state index is 13.5. The Hall–Kier alpha value is -4.36. The number of hydrogen-bond acceptors (Lipinski definition) is 5. The minimum atomic E-state index is -2.02. The van der Waals surface area contributed by atoms with Crippen LogP contribution in [0.3, 0.4) is 0 Å². The molecule has 0 fully saturated rings. The largest absolute Gasteiger partial charge is 0.375 e. The summed E-state index contributed by atoms with van der Waals surface area (Å²) in [4.78, 5) is 38.3. The molecule has 5 rings (SSSR count). The fourth-order valence-corrected chi connectivity index (χ4v) is 4.46. The first kappa shape index (κ1) is 21.5. The Kier molecular flexibility index (Phi) is 5.18. The van der Waals surface area contributed by atoms with Gasteiger partial charge in [0, 0.05) is 23.3 Å². The van der Waals surface area contributed by atoms with E-state index >= 15 is 0 Å². The van der Waals surface area contributed by atoms with Crippen LogP contribution in [0.15, 0.2) is 91.0 Å². The smallest absolute Gasteiger partial charge is 0.269 e. The predicted molar refractivity (Wildman–Crippen MR) is 128 cm³/mol. The number of nitro benzene ring substituents is 1. The molecule has 34 heavy (non-hydrogen) atoms. The molecule has 7 heteroatoms. The highest BCUT2D eigenvalue weighted by Gasteiger charge is 2.50. The molecule has 1 amide bonds. The van der Waals surface area contributed by atoms with Gasteiger partial charge in [-0.1, -0.05) is 54.6 Å². The van der Waals surface area contributed by atoms with E-state index in [1.54, 1.807) is 24.3 Å². The van der Waals surface area contributed by atoms with E-state index in [0.29, 0.717) is 11.3 Å². The van der Waals surface area contributed by atoms with Crippen molar-refractivity contribution in [1.29, 1.82) is 0 Å². The molecular formula is C27H20N2O5. The number of benzene rings is 4. The van der Waals surface area contributed by atoms with Crippen LogP contribution in [0.25, 0.3) is 10.8 Å². The number of non-ortho nitro benzene ring substituents is 1. The Bertz CT molecular complexity index is 1450. The quantitative estimate of drug-likeness (QED) is 0.258. The molecule has 1 aliphatic rings. The number of fused-ring (bicyclic) bond motifs is 2. The lowest BCUT2D eigenvalue weighted by atomic mass is 9.88. The molecule has 0 bridgehead atoms. The summed E-state index contributed by atoms with van der Waals surface area (Å²) >= 11 is 0. The zero-order valence-electron chi connectivity index (χ0n) is 18.0. The van der Waals surface area contributed by atoms with E-state index < -0.39 is 28.6 Å². The SMILES string of the molecule is O=C(CC1(O)C(=O)N(Cc2ccc3ccccc3c2)c2ccccc21)c1ccc([N+](=O)[O-])cc1. The average molecular weight is 452 g/mol. The fraction of sp³-hybridized carbons (Fsp3) is 0.111. The molecular weight excluding hydrogens is 432 g/mol. The molecule has 0 aromatic heterocycles. The predicted octanol–water partition coefficient (Wildman–Crippen LogP) is 4.76. The number of nitro groups is 1. The van der Waals surface area contributed by atoms with Crippen LogP contribution in [-0.4, -0.2) is 21.7 Å². The first-order valence-electron chi connectivity index (χ1n) is 10.8. The molecule has 4 aromatic rings. The second kappa shape index (κ2) is 8.20. The molecule has 7 nitrogen and oxygen atoms in total. The molecule has 0 aliphatic carbocycles. The Morgan fingerprint density at radius 1 is 0.912 bits per heavy atom. The minimum Gasteiger partial charge on any atom is -0.375 e. The van der Waals surface area contributed by atoms with E-state index in [2.05, 4.69) is 0 Å². The first-order valence-corrected chi connectivity index (χ1v) is 10.8. The highest BCUT2D eigenvalue weighted by molar-refractivity contribution is 6.10. The van der Waals surface area contributed by atoms with Gasteiger partial charge in [-0.05, 0) is 40.6 Å². The molecule has 1 heterocycles. The lowest BCUT2D eigenvalue weighted by Crippen LogP contribution is -2.41. The van der Waals surface area contributed by atoms with Crippen molar-refractivity contribution in [2.75, 3.05) is 4.90 Å². The second-order valence-electron chi connectivity index (χ2n) is 8.35. The number of hydrogen-bond donors (Lipinski definition) is 1. The van der Waals surface area contributed by atoms with E-state index in [4.69, 9.17) is 0 Å². The molecule has 0 spiro atoms. The van der Waals surface area contributed by atoms with Crippen LogP contribution in [0.5, 0.6) is 0 Å². The highest BCUT2D eigenvalue weighted by atomic mass is 16.6. The van der Waals surface area contributed by atoms with Crippen molar-refractivity contribution in [2.45, 2.75) is 18.6 Å². The Balaban J connectivity index is 1.45. The van der Waals surface area contributed by atoms with Gasteiger partial charge in [-0.25, -0.2) is 0 Å². The summed E-state index contributed by atoms with van der Waals surface area (Å²) in [6, 6.07) is 25.9. The molecule has 168 valence electrons. The van der Waals surface area contributed by atoms with Gasteiger partial charge in [0.05, 0.1) is 23.6 Å². The van der Waals surface area contributed by atoms with Crippen molar-refractivity contribution in [3.05, 3.63) is 118 Å². The third-order valence-electron chi connectivity index (χ3n) is 6.21. The van der Waals surface area contributed by atoms with Crippen LogP contribution < -0.4 is 4.90 Å². The maximum atomic E-state index is 13.5. The van der Waals surface area contributed by atoms with Crippen LogP contribution in [0.1, 0.15) is 27.9 Å². The van der Waals surface area contributed by atoms with Crippen molar-refractivity contribution in [3.8, 4) is 0 Å². The molecule has 1 aliphatic heterocycles. The molecule has 0 saturated carbocycles. The van der Waals surface area contributed by atoms with Crippen molar-refractivity contribution in [1.82, 2.24) is 0 Å². The van der Waals surface area contributed by atoms with Crippen LogP contribution in [0.2, 0.25) is 0 Å². The van der Waals surface area contributed by atoms with Gasteiger partial charge in [-0.2, -0.15) is 0 Å². The monoisotopic (exact) mass is 452 g/mol. The van der Waals surface area contributed by atoms with Crippen LogP contribution >= 0.6 is 0 Å². The topological polar surface area (TPSA) is 101 Å². The summed E-state index contributed by atoms with van der Waals surface area (Å²) in [7, 11) is 0. The standard InChI is InChI=1S/C27H20N2O5/c30-25(20-11-13-22(14-12-20)29(33)34)16-27(32)23-7-3-4-8-24(23)28(26(27)31)17-18-9-10-19-5-1-2-6-21(19)15-18/h1-15,32H,16-17H2. The van der Waals surface area contributed by atoms with Gasteiger partial charge in [-0.3, -0.25) is 19.7 Å². The summed E-state index contributed by atoms with van der Waals surface area (Å²) in [5, 5.41) is 24.5. The summed E-state index contributed by atoms with van der Waals surface area (Å²) in [6.45, 7) is 0.245. The second-order valence-corrected chi connectivity index (χ2v) is 8.35. The molecule has 0 radical (unpaired) electrons. The zero-order chi connectivity index (χ0) is 23.9. The van der Waals surface area contributed by atoms with E-state index in [1.807, 2.05) is 42.5 Å². The van der Waals surface area contributed by atoms with Gasteiger partial charge >= 0.3 is 0 Å². The minimum absolute atomic E-state index is 0.140. The lowest BCUT2D eigenvalue weighted by molar-refractivity contribution is -0.384. The molecule has 0 saturated heterocycles. The highest BCUT2D eigenvalue weighted by Crippen LogP contribution is 2.43. The van der Waals surface area contributed by atoms with Crippen LogP contribution in [0, 0.1) is 10.1 Å². The third kappa shape index (κ3) is 3.62. The number of rotatable bonds is 6. The van der Waals surface area contributed by atoms with Crippen molar-refractivity contribution in [3.63, 3.8) is 0 Å². The van der Waals surface area contributed by atoms with Crippen molar-refractivity contribution < 1.29 is 19.6 Å². The molecule has 4 aromatic carbocycles. The number of anilines is 1. The first-order chi connectivity index (χ1) is 16.4. The molecule has 1 unspecified atom stereocenters. The van der Waals surface area contributed by atoms with Gasteiger partial charge in [-0.15, -0.1) is 0 Å². The van der Waals surface area contributed by atoms with Gasteiger partial charge in [0.15, 0.2) is 11.4 Å². The Morgan fingerprint density at radius 3 is 2.32 bits per heavy atom. The number of carbonyl (C=O) groups is 2. The number of nitrogens with zero attached hydrogens (tertiary/aromatic N) is 2. The number of carbonyl (C=O) groups excluding carboxylic acids is 2. The Labute approximate surface area is 195 Å². The van der Waals surface area contributed by atoms with Crippen LogP contribution in [0.4, 0.5) is 11.4 Å². The molecule has 1 atom stereocenters. The van der Waals surface area contributed by atoms with E-state index in [9.17, 15) is 24.8 Å². The van der Waals surface area contributed by atoms with E-state index in [0.717, 1.165) is 16.3 Å². The molecule has 1 N–H and O–H groups in total. The van der Waals surface area contributed by atoms with E-state index in [1.165, 1.54) is 29.2 Å². The van der Waals surface area contributed by atoms with Gasteiger partial charge in [0.25, 0.3) is 11.6 Å². The summed E-state index contributed by atoms with van der Waals surface area (Å²) in [6.07, 6.45) is -0.463. The number of aliphatic hydroxyl groups is 1. The van der Waals surface area contributed by atoms with Crippen molar-refractivity contribution >= 4 is 33.8 Å². The van der Waals surface area contributed by atoms with Crippen LogP contribution in [-0.2, 0) is 16.9 Å². The van der Waals surface area contributed by atoms with E-state index in [-0.39, 0.29) is 17.8 Å². The van der Waals surface area contributed by atoms with Gasteiger partial charge in [0.1, 0.15) is 0 Å². The van der Waals surface area contributed by atoms with Crippen molar-refractivity contribution in [2.24, 2.45) is 0 Å². The Morgan fingerprint density at radius 2 is 1.59 bits per heavy atom. The zero-order valence-corrected chi connectivity index (χ0v) is 18.0. The summed E-state index contributed by atoms with van der Waals surface area (Å²) in [5.41, 5.74) is -0.147. The normalized spacial score (nSPS) is 17.1. The summed E-state index contributed by atoms with van der Waals surface area (Å²) in [5.74, 6) is -1.05. The third-order valence-corrected chi connectivity index (χ3v) is 6.21. The number of amides is 1. The lowest BCUT2D eigenvalue weighted by Gasteiger charge is -2.23. The summed E-state index contributed by atoms with van der Waals surface area (Å²) < 4.78 is 0. The number of para-hydroxylation sites is 1. The maximum Gasteiger partial charge on any atom is 0.269 e. The average Bonchev–Trinajstić information content (AvgIpc) is 3.06. The number of ketones is 1. The van der Waals surface area contributed by atoms with Gasteiger partial charge < -0.3 is 10.0 Å². The fourth-order valence-electron chi connectivity index (χ4n) is 4.46. The number of Topliss-reactive ketones (excluding diaryl/α,β-unsaturated/α-hetero) is 1. The van der Waals surface area contributed by atoms with Gasteiger partial charge in [0.2, 0.25) is 0 Å².